The molecule has 0 unspecified atom stereocenters. The first-order valence-electron chi connectivity index (χ1n) is 4.42. The van der Waals surface area contributed by atoms with E-state index in [1.165, 1.54) is 18.0 Å². The lowest BCUT2D eigenvalue weighted by atomic mass is 10.2. The number of nitriles is 1. The SMILES string of the molecule is Cc1nc(Sc2nccc(C#N)c2N)n[nH]1. The number of hydrogen-bond acceptors (Lipinski definition) is 6. The van der Waals surface area contributed by atoms with Crippen LogP contribution in [0.5, 0.6) is 0 Å². The number of rotatable bonds is 2. The van der Waals surface area contributed by atoms with Crippen LogP contribution >= 0.6 is 11.8 Å². The van der Waals surface area contributed by atoms with Crippen molar-refractivity contribution in [3.05, 3.63) is 23.7 Å². The standard InChI is InChI=1S/C9H8N6S/c1-5-13-9(15-14-5)16-8-7(11)6(4-10)2-3-12-8/h2-3H,11H2,1H3,(H,13,14,15). The molecular formula is C9H8N6S. The van der Waals surface area contributed by atoms with Gasteiger partial charge in [0, 0.05) is 6.20 Å². The molecule has 0 aliphatic heterocycles. The smallest absolute Gasteiger partial charge is 0.214 e. The van der Waals surface area contributed by atoms with Crippen LogP contribution in [0.1, 0.15) is 11.4 Å². The lowest BCUT2D eigenvalue weighted by Crippen LogP contribution is -1.95. The molecule has 0 aromatic carbocycles. The normalized spacial score (nSPS) is 10.0. The second-order valence-electron chi connectivity index (χ2n) is 2.99. The van der Waals surface area contributed by atoms with Gasteiger partial charge in [0.05, 0.1) is 11.3 Å². The third-order valence-electron chi connectivity index (χ3n) is 1.84. The van der Waals surface area contributed by atoms with Crippen LogP contribution in [0.25, 0.3) is 0 Å². The van der Waals surface area contributed by atoms with Crippen LogP contribution in [0.2, 0.25) is 0 Å². The zero-order valence-corrected chi connectivity index (χ0v) is 9.25. The van der Waals surface area contributed by atoms with E-state index in [2.05, 4.69) is 20.2 Å². The van der Waals surface area contributed by atoms with Gasteiger partial charge in [0.1, 0.15) is 16.9 Å². The highest BCUT2D eigenvalue weighted by molar-refractivity contribution is 7.99. The number of nitrogens with one attached hydrogen (secondary N) is 1. The molecule has 80 valence electrons. The predicted octanol–water partition coefficient (Wildman–Crippen LogP) is 1.11. The Kier molecular flexibility index (Phi) is 2.74. The minimum atomic E-state index is 0.359. The van der Waals surface area contributed by atoms with Crippen molar-refractivity contribution in [2.75, 3.05) is 5.73 Å². The average molecular weight is 232 g/mol. The summed E-state index contributed by atoms with van der Waals surface area (Å²) in [7, 11) is 0. The topological polar surface area (TPSA) is 104 Å². The third kappa shape index (κ3) is 1.97. The van der Waals surface area contributed by atoms with Gasteiger partial charge in [-0.2, -0.15) is 5.26 Å². The van der Waals surface area contributed by atoms with Crippen LogP contribution < -0.4 is 5.73 Å². The van der Waals surface area contributed by atoms with E-state index >= 15 is 0 Å². The number of nitrogens with zero attached hydrogens (tertiary/aromatic N) is 4. The van der Waals surface area contributed by atoms with Gasteiger partial charge < -0.3 is 5.73 Å². The second-order valence-corrected chi connectivity index (χ2v) is 3.95. The van der Waals surface area contributed by atoms with Gasteiger partial charge in [-0.15, -0.1) is 5.10 Å². The highest BCUT2D eigenvalue weighted by Gasteiger charge is 2.10. The molecule has 0 saturated carbocycles. The number of aryl methyl sites for hydroxylation is 1. The molecule has 0 amide bonds. The highest BCUT2D eigenvalue weighted by atomic mass is 32.2. The molecule has 2 aromatic heterocycles. The maximum atomic E-state index is 8.81. The number of pyridine rings is 1. The van der Waals surface area contributed by atoms with E-state index in [4.69, 9.17) is 11.0 Å². The fourth-order valence-corrected chi connectivity index (χ4v) is 1.87. The molecule has 0 spiro atoms. The Morgan fingerprint density at radius 2 is 2.38 bits per heavy atom. The van der Waals surface area contributed by atoms with Gasteiger partial charge in [-0.25, -0.2) is 9.97 Å². The fraction of sp³-hybridized carbons (Fsp3) is 0.111. The Balaban J connectivity index is 2.32. The second kappa shape index (κ2) is 4.20. The van der Waals surface area contributed by atoms with E-state index in [-0.39, 0.29) is 0 Å². The number of nitrogen functional groups attached to an aromatic ring is 1. The van der Waals surface area contributed by atoms with E-state index in [9.17, 15) is 0 Å². The quantitative estimate of drug-likeness (QED) is 0.803. The van der Waals surface area contributed by atoms with E-state index in [0.717, 1.165) is 5.82 Å². The molecule has 2 rings (SSSR count). The highest BCUT2D eigenvalue weighted by Crippen LogP contribution is 2.29. The zero-order chi connectivity index (χ0) is 11.5. The molecule has 2 heterocycles. The Morgan fingerprint density at radius 1 is 1.56 bits per heavy atom. The average Bonchev–Trinajstić information content (AvgIpc) is 2.67. The van der Waals surface area contributed by atoms with Gasteiger partial charge >= 0.3 is 0 Å². The predicted molar refractivity (Wildman–Crippen MR) is 58.6 cm³/mol. The zero-order valence-electron chi connectivity index (χ0n) is 8.43. The molecular weight excluding hydrogens is 224 g/mol. The first-order valence-corrected chi connectivity index (χ1v) is 5.24. The lowest BCUT2D eigenvalue weighted by Gasteiger charge is -2.01. The summed E-state index contributed by atoms with van der Waals surface area (Å²) < 4.78 is 0. The number of aromatic nitrogens is 4. The molecule has 16 heavy (non-hydrogen) atoms. The van der Waals surface area contributed by atoms with E-state index < -0.39 is 0 Å². The summed E-state index contributed by atoms with van der Waals surface area (Å²) in [5, 5.41) is 16.6. The van der Waals surface area contributed by atoms with Crippen molar-refractivity contribution >= 4 is 17.4 Å². The first-order chi connectivity index (χ1) is 7.70. The maximum absolute atomic E-state index is 8.81. The van der Waals surface area contributed by atoms with Crippen molar-refractivity contribution in [2.45, 2.75) is 17.1 Å². The molecule has 0 atom stereocenters. The molecule has 7 heteroatoms. The van der Waals surface area contributed by atoms with Crippen molar-refractivity contribution in [1.29, 1.82) is 5.26 Å². The monoisotopic (exact) mass is 232 g/mol. The van der Waals surface area contributed by atoms with Gasteiger partial charge in [-0.1, -0.05) is 0 Å². The molecule has 2 aromatic rings. The van der Waals surface area contributed by atoms with Crippen LogP contribution in [-0.4, -0.2) is 20.2 Å². The Morgan fingerprint density at radius 3 is 3.00 bits per heavy atom. The third-order valence-corrected chi connectivity index (χ3v) is 2.72. The molecule has 0 saturated heterocycles. The van der Waals surface area contributed by atoms with Crippen LogP contribution in [-0.2, 0) is 0 Å². The summed E-state index contributed by atoms with van der Waals surface area (Å²) in [5.41, 5.74) is 6.54. The number of nitrogens with two attached hydrogens (primary N) is 1. The van der Waals surface area contributed by atoms with Crippen LogP contribution in [0.4, 0.5) is 5.69 Å². The summed E-state index contributed by atoms with van der Waals surface area (Å²) in [5.74, 6) is 0.720. The van der Waals surface area contributed by atoms with E-state index in [1.807, 2.05) is 6.07 Å². The van der Waals surface area contributed by atoms with Crippen molar-refractivity contribution in [3.63, 3.8) is 0 Å². The van der Waals surface area contributed by atoms with E-state index in [0.29, 0.717) is 21.4 Å². The molecule has 0 radical (unpaired) electrons. The number of H-pyrrole nitrogens is 1. The van der Waals surface area contributed by atoms with Crippen LogP contribution in [0, 0.1) is 18.3 Å². The molecule has 6 nitrogen and oxygen atoms in total. The van der Waals surface area contributed by atoms with Gasteiger partial charge in [-0.3, -0.25) is 5.10 Å². The summed E-state index contributed by atoms with van der Waals surface area (Å²) in [6.07, 6.45) is 1.54. The summed E-state index contributed by atoms with van der Waals surface area (Å²) in [6.45, 7) is 1.81. The Bertz CT molecular complexity index is 555. The molecule has 0 fully saturated rings. The summed E-state index contributed by atoms with van der Waals surface area (Å²) in [4.78, 5) is 8.20. The van der Waals surface area contributed by atoms with Crippen molar-refractivity contribution in [3.8, 4) is 6.07 Å². The molecule has 0 bridgehead atoms. The van der Waals surface area contributed by atoms with Gasteiger partial charge in [0.15, 0.2) is 0 Å². The van der Waals surface area contributed by atoms with Crippen LogP contribution in [0.3, 0.4) is 0 Å². The molecule has 0 aliphatic carbocycles. The minimum absolute atomic E-state index is 0.359. The largest absolute Gasteiger partial charge is 0.395 e. The summed E-state index contributed by atoms with van der Waals surface area (Å²) in [6, 6.07) is 3.57. The molecule has 3 N–H and O–H groups in total. The maximum Gasteiger partial charge on any atom is 0.214 e. The molecule has 0 aliphatic rings. The van der Waals surface area contributed by atoms with Crippen molar-refractivity contribution in [2.24, 2.45) is 0 Å². The number of aromatic amines is 1. The number of hydrogen-bond donors (Lipinski definition) is 2. The number of anilines is 1. The lowest BCUT2D eigenvalue weighted by molar-refractivity contribution is 0.965. The fourth-order valence-electron chi connectivity index (χ4n) is 1.09. The van der Waals surface area contributed by atoms with Crippen molar-refractivity contribution < 1.29 is 0 Å². The van der Waals surface area contributed by atoms with Gasteiger partial charge in [0.2, 0.25) is 5.16 Å². The van der Waals surface area contributed by atoms with Gasteiger partial charge in [0.25, 0.3) is 0 Å². The van der Waals surface area contributed by atoms with E-state index in [1.54, 1.807) is 13.0 Å². The van der Waals surface area contributed by atoms with Crippen LogP contribution in [0.15, 0.2) is 22.4 Å². The Labute approximate surface area is 95.9 Å². The summed E-state index contributed by atoms with van der Waals surface area (Å²) >= 11 is 1.22. The first kappa shape index (κ1) is 10.4. The minimum Gasteiger partial charge on any atom is -0.395 e. The Hall–Kier alpha value is -2.07. The van der Waals surface area contributed by atoms with Gasteiger partial charge in [-0.05, 0) is 24.8 Å². The van der Waals surface area contributed by atoms with Crippen molar-refractivity contribution in [1.82, 2.24) is 20.2 Å².